The Bertz CT molecular complexity index is 399. The largest absolute Gasteiger partial charge is 0.302 e. The topological polar surface area (TPSA) is 44.9 Å². The minimum atomic E-state index is 0.381. The lowest BCUT2D eigenvalue weighted by Gasteiger charge is -2.23. The summed E-state index contributed by atoms with van der Waals surface area (Å²) < 4.78 is 1.88. The summed E-state index contributed by atoms with van der Waals surface area (Å²) in [4.78, 5) is 2.31. The third-order valence-electron chi connectivity index (χ3n) is 2.96. The summed E-state index contributed by atoms with van der Waals surface area (Å²) in [5.41, 5.74) is 3.78. The van der Waals surface area contributed by atoms with E-state index in [-0.39, 0.29) is 0 Å². The number of nitrogens with zero attached hydrogens (tertiary/aromatic N) is 4. The Kier molecular flexibility index (Phi) is 2.74. The van der Waals surface area contributed by atoms with Crippen LogP contribution in [0, 0.1) is 11.3 Å². The minimum Gasteiger partial charge on any atom is -0.302 e. The first kappa shape index (κ1) is 10.2. The predicted molar refractivity (Wildman–Crippen MR) is 57.3 cm³/mol. The van der Waals surface area contributed by atoms with Crippen LogP contribution in [0.25, 0.3) is 0 Å². The molecule has 0 saturated heterocycles. The lowest BCUT2D eigenvalue weighted by Crippen LogP contribution is -2.27. The maximum absolute atomic E-state index is 8.73. The van der Waals surface area contributed by atoms with Crippen molar-refractivity contribution >= 4 is 0 Å². The number of hydrogen-bond acceptors (Lipinski definition) is 3. The minimum absolute atomic E-state index is 0.381. The van der Waals surface area contributed by atoms with Crippen LogP contribution in [0.3, 0.4) is 0 Å². The maximum atomic E-state index is 8.73. The molecule has 4 heteroatoms. The van der Waals surface area contributed by atoms with Crippen LogP contribution in [-0.4, -0.2) is 28.3 Å². The molecular weight excluding hydrogens is 188 g/mol. The van der Waals surface area contributed by atoms with Crippen LogP contribution in [-0.2, 0) is 25.9 Å². The Morgan fingerprint density at radius 3 is 3.00 bits per heavy atom. The van der Waals surface area contributed by atoms with Crippen LogP contribution in [0.5, 0.6) is 0 Å². The molecule has 2 rings (SSSR count). The number of aromatic nitrogens is 2. The molecule has 0 amide bonds. The Morgan fingerprint density at radius 1 is 1.53 bits per heavy atom. The van der Waals surface area contributed by atoms with Gasteiger partial charge in [-0.15, -0.1) is 0 Å². The highest BCUT2D eigenvalue weighted by Crippen LogP contribution is 2.21. The molecule has 0 fully saturated rings. The molecule has 0 bridgehead atoms. The van der Waals surface area contributed by atoms with Crippen molar-refractivity contribution < 1.29 is 0 Å². The van der Waals surface area contributed by atoms with Crippen molar-refractivity contribution in [2.75, 3.05) is 13.6 Å². The number of rotatable bonds is 2. The van der Waals surface area contributed by atoms with E-state index in [9.17, 15) is 0 Å². The molecule has 0 N–H and O–H groups in total. The first-order valence-electron chi connectivity index (χ1n) is 5.39. The first-order valence-corrected chi connectivity index (χ1v) is 5.39. The molecule has 0 atom stereocenters. The number of aryl methyl sites for hydroxylation is 1. The van der Waals surface area contributed by atoms with Gasteiger partial charge in [-0.3, -0.25) is 4.68 Å². The van der Waals surface area contributed by atoms with Crippen molar-refractivity contribution in [1.29, 1.82) is 5.26 Å². The number of nitriles is 1. The summed E-state index contributed by atoms with van der Waals surface area (Å²) in [5, 5.41) is 13.2. The second kappa shape index (κ2) is 4.03. The van der Waals surface area contributed by atoms with Gasteiger partial charge in [0, 0.05) is 30.8 Å². The van der Waals surface area contributed by atoms with Crippen molar-refractivity contribution in [3.05, 3.63) is 17.0 Å². The summed E-state index contributed by atoms with van der Waals surface area (Å²) in [7, 11) is 2.13. The quantitative estimate of drug-likeness (QED) is 0.720. The molecule has 0 saturated carbocycles. The fourth-order valence-electron chi connectivity index (χ4n) is 2.18. The molecule has 1 aromatic heterocycles. The van der Waals surface area contributed by atoms with Crippen molar-refractivity contribution in [2.45, 2.75) is 32.9 Å². The van der Waals surface area contributed by atoms with Crippen LogP contribution in [0.4, 0.5) is 0 Å². The van der Waals surface area contributed by atoms with E-state index in [2.05, 4.69) is 30.0 Å². The highest BCUT2D eigenvalue weighted by Gasteiger charge is 2.21. The molecule has 2 heterocycles. The molecule has 1 aromatic rings. The zero-order valence-electron chi connectivity index (χ0n) is 9.32. The summed E-state index contributed by atoms with van der Waals surface area (Å²) in [5.74, 6) is 0. The van der Waals surface area contributed by atoms with E-state index >= 15 is 0 Å². The number of hydrogen-bond donors (Lipinski definition) is 0. The maximum Gasteiger partial charge on any atom is 0.128 e. The molecule has 0 radical (unpaired) electrons. The number of likely N-dealkylation sites (N-methyl/N-ethyl adjacent to an activating group) is 1. The highest BCUT2D eigenvalue weighted by molar-refractivity contribution is 5.29. The van der Waals surface area contributed by atoms with Gasteiger partial charge in [0.15, 0.2) is 0 Å². The Balaban J connectivity index is 2.41. The van der Waals surface area contributed by atoms with Crippen LogP contribution < -0.4 is 0 Å². The zero-order valence-corrected chi connectivity index (χ0v) is 9.32. The molecule has 0 aromatic carbocycles. The van der Waals surface area contributed by atoms with E-state index in [1.54, 1.807) is 0 Å². The van der Waals surface area contributed by atoms with Gasteiger partial charge in [-0.2, -0.15) is 10.4 Å². The molecule has 0 aliphatic carbocycles. The van der Waals surface area contributed by atoms with Gasteiger partial charge in [-0.1, -0.05) is 6.92 Å². The molecule has 15 heavy (non-hydrogen) atoms. The summed E-state index contributed by atoms with van der Waals surface area (Å²) in [6.45, 7) is 4.54. The third kappa shape index (κ3) is 1.75. The van der Waals surface area contributed by atoms with Crippen molar-refractivity contribution in [3.8, 4) is 6.07 Å². The van der Waals surface area contributed by atoms with Gasteiger partial charge in [0.2, 0.25) is 0 Å². The lowest BCUT2D eigenvalue weighted by molar-refractivity contribution is 0.307. The first-order chi connectivity index (χ1) is 7.26. The molecular formula is C11H16N4. The summed E-state index contributed by atoms with van der Waals surface area (Å²) >= 11 is 0. The average molecular weight is 204 g/mol. The second-order valence-electron chi connectivity index (χ2n) is 4.03. The third-order valence-corrected chi connectivity index (χ3v) is 2.96. The fraction of sp³-hybridized carbons (Fsp3) is 0.636. The van der Waals surface area contributed by atoms with Crippen molar-refractivity contribution in [1.82, 2.24) is 14.7 Å². The summed E-state index contributed by atoms with van der Waals surface area (Å²) in [6, 6.07) is 2.17. The van der Waals surface area contributed by atoms with E-state index in [0.29, 0.717) is 6.54 Å². The van der Waals surface area contributed by atoms with Crippen LogP contribution in [0.2, 0.25) is 0 Å². The van der Waals surface area contributed by atoms with Gasteiger partial charge in [0.05, 0.1) is 11.8 Å². The molecule has 4 nitrogen and oxygen atoms in total. The Labute approximate surface area is 90.1 Å². The van der Waals surface area contributed by atoms with Crippen LogP contribution in [0.15, 0.2) is 0 Å². The summed E-state index contributed by atoms with van der Waals surface area (Å²) in [6.07, 6.45) is 1.97. The second-order valence-corrected chi connectivity index (χ2v) is 4.03. The van der Waals surface area contributed by atoms with E-state index in [4.69, 9.17) is 5.26 Å². The van der Waals surface area contributed by atoms with E-state index in [1.807, 2.05) is 4.68 Å². The van der Waals surface area contributed by atoms with Gasteiger partial charge in [0.25, 0.3) is 0 Å². The Morgan fingerprint density at radius 2 is 2.33 bits per heavy atom. The van der Waals surface area contributed by atoms with E-state index < -0.39 is 0 Å². The fourth-order valence-corrected chi connectivity index (χ4v) is 2.18. The van der Waals surface area contributed by atoms with Gasteiger partial charge < -0.3 is 4.90 Å². The molecule has 0 spiro atoms. The normalized spacial score (nSPS) is 16.1. The van der Waals surface area contributed by atoms with E-state index in [1.165, 1.54) is 11.3 Å². The highest BCUT2D eigenvalue weighted by atomic mass is 15.3. The molecule has 0 unspecified atom stereocenters. The predicted octanol–water partition coefficient (Wildman–Crippen LogP) is 0.957. The molecule has 1 aliphatic rings. The van der Waals surface area contributed by atoms with Crippen molar-refractivity contribution in [2.24, 2.45) is 0 Å². The van der Waals surface area contributed by atoms with E-state index in [0.717, 1.165) is 31.6 Å². The molecule has 1 aliphatic heterocycles. The smallest absolute Gasteiger partial charge is 0.128 e. The number of fused-ring (bicyclic) bond motifs is 1. The lowest BCUT2D eigenvalue weighted by atomic mass is 10.0. The van der Waals surface area contributed by atoms with Crippen LogP contribution in [0.1, 0.15) is 23.9 Å². The average Bonchev–Trinajstić information content (AvgIpc) is 2.56. The van der Waals surface area contributed by atoms with Gasteiger partial charge in [-0.25, -0.2) is 0 Å². The van der Waals surface area contributed by atoms with Crippen molar-refractivity contribution in [3.63, 3.8) is 0 Å². The monoisotopic (exact) mass is 204 g/mol. The van der Waals surface area contributed by atoms with Gasteiger partial charge >= 0.3 is 0 Å². The van der Waals surface area contributed by atoms with Gasteiger partial charge in [0.1, 0.15) is 6.54 Å². The standard InChI is InChI=1S/C11H16N4/c1-3-10-9-8-14(2)6-4-11(9)15(13-10)7-5-12/h3-4,6-8H2,1-2H3. The Hall–Kier alpha value is -1.34. The van der Waals surface area contributed by atoms with Gasteiger partial charge in [-0.05, 0) is 13.5 Å². The zero-order chi connectivity index (χ0) is 10.8. The van der Waals surface area contributed by atoms with Crippen LogP contribution >= 0.6 is 0 Å². The molecule has 80 valence electrons. The SMILES string of the molecule is CCc1nn(CC#N)c2c1CN(C)CC2.